The normalized spacial score (nSPS) is 10.5. The quantitative estimate of drug-likeness (QED) is 0.156. The number of methoxy groups -OCH3 is 1. The number of hydrogen-bond donors (Lipinski definition) is 1. The summed E-state index contributed by atoms with van der Waals surface area (Å²) in [7, 11) is 1.36. The van der Waals surface area contributed by atoms with Crippen molar-refractivity contribution in [1.29, 1.82) is 0 Å². The van der Waals surface area contributed by atoms with Gasteiger partial charge in [0.1, 0.15) is 5.75 Å². The first kappa shape index (κ1) is 25.8. The van der Waals surface area contributed by atoms with Gasteiger partial charge in [-0.25, -0.2) is 10.2 Å². The Bertz CT molecular complexity index is 1360. The first-order valence-electron chi connectivity index (χ1n) is 10.1. The van der Waals surface area contributed by atoms with Gasteiger partial charge in [0.2, 0.25) is 0 Å². The van der Waals surface area contributed by atoms with Crippen LogP contribution in [0.4, 0.5) is 5.69 Å². The lowest BCUT2D eigenvalue weighted by molar-refractivity contribution is -0.384. The molecule has 36 heavy (non-hydrogen) atoms. The predicted octanol–water partition coefficient (Wildman–Crippen LogP) is 4.17. The Hall–Kier alpha value is -4.77. The zero-order chi connectivity index (χ0) is 26.2. The number of nitrogens with one attached hydrogen (secondary N) is 1. The van der Waals surface area contributed by atoms with Crippen LogP contribution in [0.2, 0.25) is 5.02 Å². The third-order valence-corrected chi connectivity index (χ3v) is 4.77. The van der Waals surface area contributed by atoms with Crippen molar-refractivity contribution in [3.63, 3.8) is 0 Å². The maximum atomic E-state index is 12.7. The molecule has 0 unspecified atom stereocenters. The lowest BCUT2D eigenvalue weighted by Gasteiger charge is -2.11. The molecule has 0 aliphatic carbocycles. The minimum absolute atomic E-state index is 0.0979. The van der Waals surface area contributed by atoms with E-state index in [1.165, 1.54) is 80.9 Å². The summed E-state index contributed by atoms with van der Waals surface area (Å²) in [6.07, 6.45) is 1.22. The minimum atomic E-state index is -0.741. The SMILES string of the molecule is COc1cc(C(=O)Oc2ccc(Cl)cc2/C=N/NC(=O)c2ccc([N+](=O)[O-])cc2)ccc1OC(C)=O. The lowest BCUT2D eigenvalue weighted by Crippen LogP contribution is -2.17. The van der Waals surface area contributed by atoms with Crippen molar-refractivity contribution in [3.8, 4) is 17.2 Å². The van der Waals surface area contributed by atoms with Crippen LogP contribution < -0.4 is 19.6 Å². The molecule has 3 aromatic carbocycles. The molecule has 0 aliphatic heterocycles. The van der Waals surface area contributed by atoms with Crippen LogP contribution in [0.3, 0.4) is 0 Å². The smallest absolute Gasteiger partial charge is 0.343 e. The maximum Gasteiger partial charge on any atom is 0.343 e. The van der Waals surface area contributed by atoms with E-state index in [-0.39, 0.29) is 39.6 Å². The van der Waals surface area contributed by atoms with E-state index in [1.807, 2.05) is 0 Å². The van der Waals surface area contributed by atoms with Crippen LogP contribution in [-0.2, 0) is 4.79 Å². The van der Waals surface area contributed by atoms with Crippen molar-refractivity contribution in [2.24, 2.45) is 5.10 Å². The van der Waals surface area contributed by atoms with Gasteiger partial charge in [-0.15, -0.1) is 0 Å². The average Bonchev–Trinajstić information content (AvgIpc) is 2.85. The van der Waals surface area contributed by atoms with E-state index >= 15 is 0 Å². The van der Waals surface area contributed by atoms with E-state index in [4.69, 9.17) is 25.8 Å². The van der Waals surface area contributed by atoms with Gasteiger partial charge in [-0.05, 0) is 48.5 Å². The number of non-ortho nitro benzene ring substituents is 1. The Kier molecular flexibility index (Phi) is 8.31. The third kappa shape index (κ3) is 6.64. The molecule has 0 atom stereocenters. The molecule has 0 saturated heterocycles. The molecule has 0 radical (unpaired) electrons. The number of carbonyl (C=O) groups excluding carboxylic acids is 3. The number of amides is 1. The number of nitro groups is 1. The molecule has 3 aromatic rings. The first-order valence-corrected chi connectivity index (χ1v) is 10.5. The molecule has 0 heterocycles. The highest BCUT2D eigenvalue weighted by molar-refractivity contribution is 6.31. The summed E-state index contributed by atoms with van der Waals surface area (Å²) in [6.45, 7) is 1.24. The molecule has 0 aromatic heterocycles. The van der Waals surface area contributed by atoms with Crippen molar-refractivity contribution in [2.75, 3.05) is 7.11 Å². The number of esters is 2. The third-order valence-electron chi connectivity index (χ3n) is 4.54. The zero-order valence-electron chi connectivity index (χ0n) is 18.9. The Labute approximate surface area is 209 Å². The Morgan fingerprint density at radius 3 is 2.25 bits per heavy atom. The van der Waals surface area contributed by atoms with Gasteiger partial charge in [-0.1, -0.05) is 11.6 Å². The number of nitro benzene ring substituents is 1. The van der Waals surface area contributed by atoms with E-state index in [1.54, 1.807) is 0 Å². The first-order chi connectivity index (χ1) is 17.2. The van der Waals surface area contributed by atoms with Crippen LogP contribution in [0, 0.1) is 10.1 Å². The average molecular weight is 512 g/mol. The van der Waals surface area contributed by atoms with Gasteiger partial charge in [0.25, 0.3) is 11.6 Å². The van der Waals surface area contributed by atoms with Crippen LogP contribution >= 0.6 is 11.6 Å². The topological polar surface area (TPSA) is 146 Å². The van der Waals surface area contributed by atoms with Gasteiger partial charge in [-0.3, -0.25) is 19.7 Å². The highest BCUT2D eigenvalue weighted by atomic mass is 35.5. The summed E-state index contributed by atoms with van der Waals surface area (Å²) in [6, 6.07) is 13.5. The number of ether oxygens (including phenoxy) is 3. The van der Waals surface area contributed by atoms with Crippen LogP contribution in [-0.4, -0.2) is 36.1 Å². The number of rotatable bonds is 8. The molecule has 0 bridgehead atoms. The summed E-state index contributed by atoms with van der Waals surface area (Å²) in [5.74, 6) is -1.50. The highest BCUT2D eigenvalue weighted by Gasteiger charge is 2.16. The number of halogens is 1. The molecule has 0 saturated carbocycles. The molecule has 0 fully saturated rings. The maximum absolute atomic E-state index is 12.7. The fourth-order valence-electron chi connectivity index (χ4n) is 2.87. The van der Waals surface area contributed by atoms with Crippen molar-refractivity contribution in [3.05, 3.63) is 92.5 Å². The number of hydrazone groups is 1. The van der Waals surface area contributed by atoms with Gasteiger partial charge in [0.05, 0.1) is 23.8 Å². The summed E-state index contributed by atoms with van der Waals surface area (Å²) in [4.78, 5) is 46.3. The van der Waals surface area contributed by atoms with E-state index < -0.39 is 22.8 Å². The molecular weight excluding hydrogens is 494 g/mol. The fraction of sp³-hybridized carbons (Fsp3) is 0.0833. The Morgan fingerprint density at radius 1 is 0.944 bits per heavy atom. The molecule has 1 N–H and O–H groups in total. The second-order valence-electron chi connectivity index (χ2n) is 7.03. The van der Waals surface area contributed by atoms with Crippen molar-refractivity contribution >= 4 is 41.3 Å². The monoisotopic (exact) mass is 511 g/mol. The molecule has 11 nitrogen and oxygen atoms in total. The van der Waals surface area contributed by atoms with E-state index in [0.717, 1.165) is 0 Å². The van der Waals surface area contributed by atoms with Crippen LogP contribution in [0.1, 0.15) is 33.2 Å². The van der Waals surface area contributed by atoms with Gasteiger partial charge < -0.3 is 14.2 Å². The minimum Gasteiger partial charge on any atom is -0.493 e. The second kappa shape index (κ2) is 11.6. The molecule has 1 amide bonds. The van der Waals surface area contributed by atoms with Crippen molar-refractivity contribution in [1.82, 2.24) is 5.43 Å². The molecule has 0 spiro atoms. The van der Waals surface area contributed by atoms with E-state index in [9.17, 15) is 24.5 Å². The van der Waals surface area contributed by atoms with Gasteiger partial charge in [0, 0.05) is 35.2 Å². The molecule has 12 heteroatoms. The van der Waals surface area contributed by atoms with Crippen molar-refractivity contribution in [2.45, 2.75) is 6.92 Å². The summed E-state index contributed by atoms with van der Waals surface area (Å²) < 4.78 is 15.6. The van der Waals surface area contributed by atoms with Gasteiger partial charge in [0.15, 0.2) is 11.5 Å². The fourth-order valence-corrected chi connectivity index (χ4v) is 3.05. The van der Waals surface area contributed by atoms with Crippen LogP contribution in [0.5, 0.6) is 17.2 Å². The van der Waals surface area contributed by atoms with E-state index in [0.29, 0.717) is 5.02 Å². The predicted molar refractivity (Wildman–Crippen MR) is 129 cm³/mol. The number of hydrogen-bond acceptors (Lipinski definition) is 9. The standard InChI is InChI=1S/C24H18ClN3O8/c1-14(29)35-21-9-5-16(12-22(21)34-2)24(31)36-20-10-6-18(25)11-17(20)13-26-27-23(30)15-3-7-19(8-4-15)28(32)33/h3-13H,1-2H3,(H,27,30)/b26-13+. The number of carbonyl (C=O) groups is 3. The van der Waals surface area contributed by atoms with Gasteiger partial charge in [-0.2, -0.15) is 5.10 Å². The second-order valence-corrected chi connectivity index (χ2v) is 7.47. The highest BCUT2D eigenvalue weighted by Crippen LogP contribution is 2.29. The lowest BCUT2D eigenvalue weighted by atomic mass is 10.2. The molecular formula is C24H18ClN3O8. The summed E-state index contributed by atoms with van der Waals surface area (Å²) >= 11 is 6.04. The Balaban J connectivity index is 1.74. The number of benzene rings is 3. The number of nitrogens with zero attached hydrogens (tertiary/aromatic N) is 2. The van der Waals surface area contributed by atoms with E-state index in [2.05, 4.69) is 10.5 Å². The Morgan fingerprint density at radius 2 is 1.61 bits per heavy atom. The summed E-state index contributed by atoms with van der Waals surface area (Å²) in [5.41, 5.74) is 2.68. The molecule has 0 aliphatic rings. The molecule has 184 valence electrons. The van der Waals surface area contributed by atoms with Gasteiger partial charge >= 0.3 is 11.9 Å². The summed E-state index contributed by atoms with van der Waals surface area (Å²) in [5, 5.41) is 14.9. The molecule has 3 rings (SSSR count). The van der Waals surface area contributed by atoms with Crippen LogP contribution in [0.15, 0.2) is 65.8 Å². The van der Waals surface area contributed by atoms with Crippen molar-refractivity contribution < 1.29 is 33.5 Å². The zero-order valence-corrected chi connectivity index (χ0v) is 19.6. The van der Waals surface area contributed by atoms with Crippen LogP contribution in [0.25, 0.3) is 0 Å². The largest absolute Gasteiger partial charge is 0.493 e.